The van der Waals surface area contributed by atoms with Gasteiger partial charge in [-0.25, -0.2) is 4.79 Å². The monoisotopic (exact) mass is 280 g/mol. The minimum atomic E-state index is -0.0543. The van der Waals surface area contributed by atoms with E-state index in [0.717, 1.165) is 31.7 Å². The molecule has 1 fully saturated rings. The molecule has 0 atom stereocenters. The lowest BCUT2D eigenvalue weighted by molar-refractivity contribution is -0.108. The van der Waals surface area contributed by atoms with Gasteiger partial charge >= 0.3 is 6.03 Å². The molecule has 6 heteroatoms. The van der Waals surface area contributed by atoms with Crippen LogP contribution >= 0.6 is 0 Å². The van der Waals surface area contributed by atoms with Crippen LogP contribution in [0, 0.1) is 5.41 Å². The second-order valence-corrected chi connectivity index (χ2v) is 5.93. The van der Waals surface area contributed by atoms with E-state index in [1.165, 1.54) is 0 Å². The van der Waals surface area contributed by atoms with E-state index < -0.39 is 0 Å². The first-order valence-corrected chi connectivity index (χ1v) is 7.10. The quantitative estimate of drug-likeness (QED) is 0.858. The van der Waals surface area contributed by atoms with Crippen LogP contribution in [0.2, 0.25) is 0 Å². The van der Waals surface area contributed by atoms with Gasteiger partial charge in [0, 0.05) is 43.9 Å². The summed E-state index contributed by atoms with van der Waals surface area (Å²) < 4.78 is 7.10. The van der Waals surface area contributed by atoms with Crippen molar-refractivity contribution in [2.45, 2.75) is 33.4 Å². The number of carbonyl (C=O) groups excluding carboxylic acids is 1. The molecule has 6 nitrogen and oxygen atoms in total. The maximum absolute atomic E-state index is 12.0. The van der Waals surface area contributed by atoms with Gasteiger partial charge in [0.25, 0.3) is 0 Å². The molecule has 0 aromatic carbocycles. The summed E-state index contributed by atoms with van der Waals surface area (Å²) >= 11 is 0. The number of amides is 2. The molecule has 2 heterocycles. The number of aromatic nitrogens is 2. The standard InChI is InChI=1S/C14H24N4O2/c1-4-5-18-8-12(7-16-18)6-15-13(19)17(3)9-14(2)10-20-11-14/h7-8H,4-6,9-11H2,1-3H3,(H,15,19). The molecule has 1 aromatic rings. The molecular weight excluding hydrogens is 256 g/mol. The maximum atomic E-state index is 12.0. The lowest BCUT2D eigenvalue weighted by atomic mass is 9.88. The molecule has 0 radical (unpaired) electrons. The van der Waals surface area contributed by atoms with Crippen molar-refractivity contribution in [3.8, 4) is 0 Å². The molecular formula is C14H24N4O2. The summed E-state index contributed by atoms with van der Waals surface area (Å²) in [5.41, 5.74) is 1.14. The summed E-state index contributed by atoms with van der Waals surface area (Å²) in [7, 11) is 1.82. The molecule has 1 aliphatic rings. The van der Waals surface area contributed by atoms with Gasteiger partial charge in [-0.2, -0.15) is 5.10 Å². The summed E-state index contributed by atoms with van der Waals surface area (Å²) in [6, 6.07) is -0.0543. The van der Waals surface area contributed by atoms with Crippen LogP contribution in [-0.4, -0.2) is 47.5 Å². The smallest absolute Gasteiger partial charge is 0.317 e. The van der Waals surface area contributed by atoms with E-state index in [-0.39, 0.29) is 11.4 Å². The Morgan fingerprint density at radius 3 is 2.95 bits per heavy atom. The minimum Gasteiger partial charge on any atom is -0.380 e. The van der Waals surface area contributed by atoms with Gasteiger partial charge in [-0.05, 0) is 6.42 Å². The van der Waals surface area contributed by atoms with E-state index in [1.807, 2.05) is 17.9 Å². The Balaban J connectivity index is 1.75. The van der Waals surface area contributed by atoms with E-state index in [4.69, 9.17) is 4.74 Å². The molecule has 2 amide bonds. The third kappa shape index (κ3) is 3.72. The first-order chi connectivity index (χ1) is 9.52. The Morgan fingerprint density at radius 2 is 2.35 bits per heavy atom. The van der Waals surface area contributed by atoms with Crippen LogP contribution in [-0.2, 0) is 17.8 Å². The SMILES string of the molecule is CCCn1cc(CNC(=O)N(C)CC2(C)COC2)cn1. The Kier molecular flexibility index (Phi) is 4.65. The van der Waals surface area contributed by atoms with Crippen molar-refractivity contribution in [2.75, 3.05) is 26.8 Å². The molecule has 0 bridgehead atoms. The molecule has 0 aliphatic carbocycles. The zero-order valence-corrected chi connectivity index (χ0v) is 12.6. The number of urea groups is 1. The molecule has 1 aromatic heterocycles. The summed E-state index contributed by atoms with van der Waals surface area (Å²) in [5.74, 6) is 0. The highest BCUT2D eigenvalue weighted by molar-refractivity contribution is 5.73. The maximum Gasteiger partial charge on any atom is 0.317 e. The fourth-order valence-corrected chi connectivity index (χ4v) is 2.35. The van der Waals surface area contributed by atoms with Gasteiger partial charge in [0.1, 0.15) is 0 Å². The lowest BCUT2D eigenvalue weighted by Crippen LogP contribution is -2.51. The Labute approximate surface area is 120 Å². The third-order valence-electron chi connectivity index (χ3n) is 3.45. The second kappa shape index (κ2) is 6.26. The topological polar surface area (TPSA) is 59.4 Å². The summed E-state index contributed by atoms with van der Waals surface area (Å²) in [6.45, 7) is 7.85. The Hall–Kier alpha value is -1.56. The van der Waals surface area contributed by atoms with Crippen LogP contribution in [0.1, 0.15) is 25.8 Å². The second-order valence-electron chi connectivity index (χ2n) is 5.93. The first-order valence-electron chi connectivity index (χ1n) is 7.10. The van der Waals surface area contributed by atoms with Crippen molar-refractivity contribution in [2.24, 2.45) is 5.41 Å². The third-order valence-corrected chi connectivity index (χ3v) is 3.45. The number of rotatable bonds is 6. The van der Waals surface area contributed by atoms with Gasteiger partial charge in [0.15, 0.2) is 0 Å². The Bertz CT molecular complexity index is 454. The van der Waals surface area contributed by atoms with E-state index >= 15 is 0 Å². The van der Waals surface area contributed by atoms with Gasteiger partial charge in [-0.3, -0.25) is 4.68 Å². The fraction of sp³-hybridized carbons (Fsp3) is 0.714. The Morgan fingerprint density at radius 1 is 1.60 bits per heavy atom. The van der Waals surface area contributed by atoms with E-state index in [0.29, 0.717) is 13.1 Å². The van der Waals surface area contributed by atoms with Crippen LogP contribution in [0.15, 0.2) is 12.4 Å². The number of nitrogens with one attached hydrogen (secondary N) is 1. The normalized spacial score (nSPS) is 16.6. The van der Waals surface area contributed by atoms with Crippen molar-refractivity contribution >= 4 is 6.03 Å². The largest absolute Gasteiger partial charge is 0.380 e. The molecule has 0 unspecified atom stereocenters. The van der Waals surface area contributed by atoms with Gasteiger partial charge in [-0.15, -0.1) is 0 Å². The predicted octanol–water partition coefficient (Wildman–Crippen LogP) is 1.47. The molecule has 0 saturated carbocycles. The summed E-state index contributed by atoms with van der Waals surface area (Å²) in [5, 5.41) is 7.16. The van der Waals surface area contributed by atoms with Gasteiger partial charge < -0.3 is 15.0 Å². The van der Waals surface area contributed by atoms with Gasteiger partial charge in [-0.1, -0.05) is 13.8 Å². The van der Waals surface area contributed by atoms with Gasteiger partial charge in [0.05, 0.1) is 19.4 Å². The lowest BCUT2D eigenvalue weighted by Gasteiger charge is -2.40. The summed E-state index contributed by atoms with van der Waals surface area (Å²) in [4.78, 5) is 13.7. The minimum absolute atomic E-state index is 0.0543. The molecule has 0 spiro atoms. The van der Waals surface area contributed by atoms with Crippen LogP contribution in [0.3, 0.4) is 0 Å². The number of nitrogens with zero attached hydrogens (tertiary/aromatic N) is 3. The zero-order chi connectivity index (χ0) is 14.6. The number of hydrogen-bond acceptors (Lipinski definition) is 3. The van der Waals surface area contributed by atoms with Gasteiger partial charge in [0.2, 0.25) is 0 Å². The zero-order valence-electron chi connectivity index (χ0n) is 12.6. The fourth-order valence-electron chi connectivity index (χ4n) is 2.35. The number of aryl methyl sites for hydroxylation is 1. The molecule has 20 heavy (non-hydrogen) atoms. The average molecular weight is 280 g/mol. The van der Waals surface area contributed by atoms with Crippen molar-refractivity contribution < 1.29 is 9.53 Å². The molecule has 1 aliphatic heterocycles. The summed E-state index contributed by atoms with van der Waals surface area (Å²) in [6.07, 6.45) is 4.83. The first kappa shape index (κ1) is 14.8. The van der Waals surface area contributed by atoms with Crippen molar-refractivity contribution in [3.63, 3.8) is 0 Å². The number of ether oxygens (including phenoxy) is 1. The van der Waals surface area contributed by atoms with Crippen LogP contribution in [0.25, 0.3) is 0 Å². The highest BCUT2D eigenvalue weighted by Crippen LogP contribution is 2.27. The van der Waals surface area contributed by atoms with Crippen molar-refractivity contribution in [3.05, 3.63) is 18.0 Å². The van der Waals surface area contributed by atoms with E-state index in [1.54, 1.807) is 11.1 Å². The number of carbonyl (C=O) groups is 1. The molecule has 1 saturated heterocycles. The predicted molar refractivity (Wildman–Crippen MR) is 76.3 cm³/mol. The molecule has 1 N–H and O–H groups in total. The van der Waals surface area contributed by atoms with Crippen LogP contribution < -0.4 is 5.32 Å². The van der Waals surface area contributed by atoms with E-state index in [9.17, 15) is 4.79 Å². The van der Waals surface area contributed by atoms with Crippen molar-refractivity contribution in [1.29, 1.82) is 0 Å². The van der Waals surface area contributed by atoms with Crippen LogP contribution in [0.5, 0.6) is 0 Å². The average Bonchev–Trinajstić information content (AvgIpc) is 2.82. The van der Waals surface area contributed by atoms with E-state index in [2.05, 4.69) is 24.3 Å². The highest BCUT2D eigenvalue weighted by Gasteiger charge is 2.35. The van der Waals surface area contributed by atoms with Crippen LogP contribution in [0.4, 0.5) is 4.79 Å². The highest BCUT2D eigenvalue weighted by atomic mass is 16.5. The molecule has 2 rings (SSSR count). The number of hydrogen-bond donors (Lipinski definition) is 1. The molecule has 112 valence electrons. The van der Waals surface area contributed by atoms with Crippen molar-refractivity contribution in [1.82, 2.24) is 20.0 Å².